The minimum Gasteiger partial charge on any atom is -0.313 e. The number of rotatable bonds is 10. The van der Waals surface area contributed by atoms with Crippen molar-refractivity contribution in [1.29, 1.82) is 0 Å². The maximum atomic E-state index is 12.4. The molecule has 1 rings (SSSR count). The van der Waals surface area contributed by atoms with Crippen LogP contribution in [0.3, 0.4) is 0 Å². The first-order chi connectivity index (χ1) is 9.97. The van der Waals surface area contributed by atoms with Gasteiger partial charge in [0.15, 0.2) is 0 Å². The molecule has 5 heteroatoms. The normalized spacial score (nSPS) is 12.0. The zero-order chi connectivity index (χ0) is 15.7. The van der Waals surface area contributed by atoms with Gasteiger partial charge in [-0.05, 0) is 43.4 Å². The van der Waals surface area contributed by atoms with Crippen LogP contribution < -0.4 is 10.0 Å². The van der Waals surface area contributed by atoms with Gasteiger partial charge in [-0.3, -0.25) is 0 Å². The first-order valence-electron chi connectivity index (χ1n) is 7.75. The van der Waals surface area contributed by atoms with Crippen molar-refractivity contribution >= 4 is 10.0 Å². The fourth-order valence-electron chi connectivity index (χ4n) is 2.11. The van der Waals surface area contributed by atoms with E-state index in [0.29, 0.717) is 23.9 Å². The Kier molecular flexibility index (Phi) is 7.93. The van der Waals surface area contributed by atoms with Crippen LogP contribution in [-0.2, 0) is 16.6 Å². The molecule has 0 fully saturated rings. The molecule has 0 amide bonds. The van der Waals surface area contributed by atoms with Gasteiger partial charge in [0.05, 0.1) is 4.90 Å². The maximum absolute atomic E-state index is 12.4. The average Bonchev–Trinajstić information content (AvgIpc) is 2.44. The molecular formula is C16H28N2O2S. The molecule has 0 aromatic heterocycles. The van der Waals surface area contributed by atoms with Crippen molar-refractivity contribution in [2.24, 2.45) is 5.92 Å². The molecule has 0 radical (unpaired) electrons. The van der Waals surface area contributed by atoms with Crippen LogP contribution in [0.25, 0.3) is 0 Å². The minimum atomic E-state index is -3.42. The second-order valence-electron chi connectivity index (χ2n) is 5.72. The Balaban J connectivity index is 2.68. The van der Waals surface area contributed by atoms with E-state index in [9.17, 15) is 8.42 Å². The van der Waals surface area contributed by atoms with E-state index in [1.807, 2.05) is 12.1 Å². The van der Waals surface area contributed by atoms with Gasteiger partial charge in [0.2, 0.25) is 10.0 Å². The quantitative estimate of drug-likeness (QED) is 0.653. The van der Waals surface area contributed by atoms with Crippen molar-refractivity contribution in [2.75, 3.05) is 13.1 Å². The minimum absolute atomic E-state index is 0.387. The fraction of sp³-hybridized carbons (Fsp3) is 0.625. The smallest absolute Gasteiger partial charge is 0.240 e. The molecule has 0 aliphatic heterocycles. The van der Waals surface area contributed by atoms with Gasteiger partial charge in [0, 0.05) is 13.1 Å². The van der Waals surface area contributed by atoms with Crippen LogP contribution in [0.2, 0.25) is 0 Å². The van der Waals surface area contributed by atoms with E-state index in [-0.39, 0.29) is 0 Å². The zero-order valence-corrected chi connectivity index (χ0v) is 14.2. The van der Waals surface area contributed by atoms with Gasteiger partial charge in [-0.2, -0.15) is 0 Å². The van der Waals surface area contributed by atoms with Gasteiger partial charge in [-0.15, -0.1) is 0 Å². The van der Waals surface area contributed by atoms with Crippen molar-refractivity contribution in [1.82, 2.24) is 10.0 Å². The molecule has 0 atom stereocenters. The SMILES string of the molecule is CCCNCc1ccccc1S(=O)(=O)NCCCC(C)C. The van der Waals surface area contributed by atoms with Gasteiger partial charge in [0.1, 0.15) is 0 Å². The van der Waals surface area contributed by atoms with Gasteiger partial charge < -0.3 is 5.32 Å². The van der Waals surface area contributed by atoms with E-state index in [0.717, 1.165) is 31.4 Å². The Bertz CT molecular complexity index is 513. The second-order valence-corrected chi connectivity index (χ2v) is 7.45. The monoisotopic (exact) mass is 312 g/mol. The molecule has 0 unspecified atom stereocenters. The summed E-state index contributed by atoms with van der Waals surface area (Å²) in [5, 5.41) is 3.25. The summed E-state index contributed by atoms with van der Waals surface area (Å²) in [6.45, 7) is 8.34. The fourth-order valence-corrected chi connectivity index (χ4v) is 3.42. The molecule has 0 aliphatic rings. The summed E-state index contributed by atoms with van der Waals surface area (Å²) in [6.07, 6.45) is 2.93. The topological polar surface area (TPSA) is 58.2 Å². The number of hydrogen-bond acceptors (Lipinski definition) is 3. The van der Waals surface area contributed by atoms with Crippen molar-refractivity contribution in [2.45, 2.75) is 51.5 Å². The van der Waals surface area contributed by atoms with Crippen LogP contribution in [0, 0.1) is 5.92 Å². The van der Waals surface area contributed by atoms with Crippen molar-refractivity contribution < 1.29 is 8.42 Å². The van der Waals surface area contributed by atoms with E-state index in [4.69, 9.17) is 0 Å². The Morgan fingerprint density at radius 3 is 2.52 bits per heavy atom. The lowest BCUT2D eigenvalue weighted by atomic mass is 10.1. The van der Waals surface area contributed by atoms with Crippen molar-refractivity contribution in [3.05, 3.63) is 29.8 Å². The molecule has 21 heavy (non-hydrogen) atoms. The summed E-state index contributed by atoms with van der Waals surface area (Å²) in [6, 6.07) is 7.19. The van der Waals surface area contributed by atoms with Gasteiger partial charge in [-0.1, -0.05) is 39.0 Å². The average molecular weight is 312 g/mol. The van der Waals surface area contributed by atoms with Crippen LogP contribution >= 0.6 is 0 Å². The number of nitrogens with one attached hydrogen (secondary N) is 2. The molecule has 1 aromatic rings. The van der Waals surface area contributed by atoms with Crippen LogP contribution in [0.15, 0.2) is 29.2 Å². The highest BCUT2D eigenvalue weighted by atomic mass is 32.2. The highest BCUT2D eigenvalue weighted by Gasteiger charge is 2.17. The second kappa shape index (κ2) is 9.18. The standard InChI is InChI=1S/C16H28N2O2S/c1-4-11-17-13-15-9-5-6-10-16(15)21(19,20)18-12-7-8-14(2)3/h5-6,9-10,14,17-18H,4,7-8,11-13H2,1-3H3. The van der Waals surface area contributed by atoms with Gasteiger partial charge in [0.25, 0.3) is 0 Å². The highest BCUT2D eigenvalue weighted by molar-refractivity contribution is 7.89. The van der Waals surface area contributed by atoms with Gasteiger partial charge in [-0.25, -0.2) is 13.1 Å². The summed E-state index contributed by atoms with van der Waals surface area (Å²) in [5.74, 6) is 0.597. The lowest BCUT2D eigenvalue weighted by Gasteiger charge is -2.12. The van der Waals surface area contributed by atoms with E-state index >= 15 is 0 Å². The molecule has 0 spiro atoms. The molecule has 120 valence electrons. The van der Waals surface area contributed by atoms with E-state index in [1.54, 1.807) is 12.1 Å². The number of benzene rings is 1. The van der Waals surface area contributed by atoms with Crippen molar-refractivity contribution in [3.63, 3.8) is 0 Å². The summed E-state index contributed by atoms with van der Waals surface area (Å²) >= 11 is 0. The molecule has 0 aliphatic carbocycles. The van der Waals surface area contributed by atoms with E-state index < -0.39 is 10.0 Å². The highest BCUT2D eigenvalue weighted by Crippen LogP contribution is 2.15. The summed E-state index contributed by atoms with van der Waals surface area (Å²) in [7, 11) is -3.42. The Hall–Kier alpha value is -0.910. The molecule has 0 saturated heterocycles. The lowest BCUT2D eigenvalue weighted by Crippen LogP contribution is -2.27. The van der Waals surface area contributed by atoms with Gasteiger partial charge >= 0.3 is 0 Å². The molecule has 4 nitrogen and oxygen atoms in total. The third-order valence-electron chi connectivity index (χ3n) is 3.25. The Labute approximate surface area is 129 Å². The number of sulfonamides is 1. The van der Waals surface area contributed by atoms with Crippen LogP contribution in [0.1, 0.15) is 45.6 Å². The Morgan fingerprint density at radius 2 is 1.86 bits per heavy atom. The number of hydrogen-bond donors (Lipinski definition) is 2. The maximum Gasteiger partial charge on any atom is 0.240 e. The summed E-state index contributed by atoms with van der Waals surface area (Å²) < 4.78 is 27.5. The van der Waals surface area contributed by atoms with Crippen molar-refractivity contribution in [3.8, 4) is 0 Å². The predicted molar refractivity (Wildman–Crippen MR) is 87.7 cm³/mol. The predicted octanol–water partition coefficient (Wildman–Crippen LogP) is 2.90. The first-order valence-corrected chi connectivity index (χ1v) is 9.24. The van der Waals surface area contributed by atoms with Crippen LogP contribution in [-0.4, -0.2) is 21.5 Å². The summed E-state index contributed by atoms with van der Waals surface area (Å²) in [5.41, 5.74) is 0.822. The van der Waals surface area contributed by atoms with E-state index in [1.165, 1.54) is 0 Å². The molecule has 2 N–H and O–H groups in total. The van der Waals surface area contributed by atoms with E-state index in [2.05, 4.69) is 30.8 Å². The van der Waals surface area contributed by atoms with Crippen LogP contribution in [0.5, 0.6) is 0 Å². The van der Waals surface area contributed by atoms with Crippen LogP contribution in [0.4, 0.5) is 0 Å². The molecule has 0 saturated carbocycles. The zero-order valence-electron chi connectivity index (χ0n) is 13.4. The summed E-state index contributed by atoms with van der Waals surface area (Å²) in [4.78, 5) is 0.387. The molecular weight excluding hydrogens is 284 g/mol. The third-order valence-corrected chi connectivity index (χ3v) is 4.82. The first kappa shape index (κ1) is 18.1. The third kappa shape index (κ3) is 6.59. The lowest BCUT2D eigenvalue weighted by molar-refractivity contribution is 0.539. The Morgan fingerprint density at radius 1 is 1.14 bits per heavy atom. The molecule has 0 heterocycles. The largest absolute Gasteiger partial charge is 0.313 e. The molecule has 1 aromatic carbocycles. The molecule has 0 bridgehead atoms.